The van der Waals surface area contributed by atoms with E-state index in [-0.39, 0.29) is 6.54 Å². The Bertz CT molecular complexity index is 104. The van der Waals surface area contributed by atoms with Gasteiger partial charge < -0.3 is 19.2 Å². The second-order valence-corrected chi connectivity index (χ2v) is 3.84. The highest BCUT2D eigenvalue weighted by Gasteiger charge is 2.27. The molecule has 0 radical (unpaired) electrons. The number of alkyl halides is 1. The van der Waals surface area contributed by atoms with E-state index in [9.17, 15) is 8.40 Å². The normalized spacial score (nSPS) is 16.9. The summed E-state index contributed by atoms with van der Waals surface area (Å²) in [6.07, 6.45) is -0.589. The van der Waals surface area contributed by atoms with Crippen molar-refractivity contribution in [2.45, 2.75) is 17.5 Å². The first-order chi connectivity index (χ1) is 5.07. The molecule has 0 bridgehead atoms. The first kappa shape index (κ1) is 11.8. The summed E-state index contributed by atoms with van der Waals surface area (Å²) >= 11 is -0.420. The van der Waals surface area contributed by atoms with Gasteiger partial charge >= 0.3 is 14.8 Å². The van der Waals surface area contributed by atoms with Crippen LogP contribution >= 0.6 is 15.9 Å². The Balaban J connectivity index is 3.54. The Morgan fingerprint density at radius 2 is 2.18 bits per heavy atom. The van der Waals surface area contributed by atoms with E-state index in [4.69, 9.17) is 10.8 Å². The first-order valence-corrected chi connectivity index (χ1v) is 5.68. The van der Waals surface area contributed by atoms with Gasteiger partial charge in [0.25, 0.3) is 0 Å². The molecule has 0 saturated heterocycles. The second-order valence-electron chi connectivity index (χ2n) is 1.77. The van der Waals surface area contributed by atoms with Crippen molar-refractivity contribution in [2.75, 3.05) is 6.54 Å². The van der Waals surface area contributed by atoms with Crippen molar-refractivity contribution in [3.63, 3.8) is 0 Å². The van der Waals surface area contributed by atoms with Gasteiger partial charge in [-0.15, -0.1) is 0 Å². The molecule has 3 N–H and O–H groups in total. The third-order valence-electron chi connectivity index (χ3n) is 0.923. The van der Waals surface area contributed by atoms with E-state index in [0.717, 1.165) is 0 Å². The van der Waals surface area contributed by atoms with E-state index in [2.05, 4.69) is 19.8 Å². The lowest BCUT2D eigenvalue weighted by Crippen LogP contribution is -2.39. The molecule has 5 nitrogen and oxygen atoms in total. The van der Waals surface area contributed by atoms with Crippen LogP contribution in [0.15, 0.2) is 0 Å². The Hall–Kier alpha value is 0.760. The molecule has 0 spiro atoms. The fourth-order valence-electron chi connectivity index (χ4n) is 0.431. The van der Waals surface area contributed by atoms with E-state index in [1.54, 1.807) is 0 Å². The Kier molecular flexibility index (Phi) is 6.73. The maximum atomic E-state index is 10.0. The van der Waals surface area contributed by atoms with Crippen LogP contribution in [0.3, 0.4) is 0 Å². The fraction of sp³-hybridized carbons (Fsp3) is 1.00. The van der Waals surface area contributed by atoms with Crippen molar-refractivity contribution >= 4 is 15.9 Å². The SMILES string of the molecule is NCC[C@H](O)C(Br)O[Br+2]([O-])[O-]. The molecule has 0 rings (SSSR count). The van der Waals surface area contributed by atoms with Crippen molar-refractivity contribution in [3.8, 4) is 0 Å². The predicted octanol–water partition coefficient (Wildman–Crippen LogP) is -2.48. The lowest BCUT2D eigenvalue weighted by atomic mass is 10.3. The average Bonchev–Trinajstić information content (AvgIpc) is 1.86. The third kappa shape index (κ3) is 5.97. The number of hydrogen-bond acceptors (Lipinski definition) is 5. The quantitative estimate of drug-likeness (QED) is 0.547. The zero-order valence-corrected chi connectivity index (χ0v) is 8.75. The maximum Gasteiger partial charge on any atom is 0.438 e. The van der Waals surface area contributed by atoms with Crippen molar-refractivity contribution in [1.29, 1.82) is 0 Å². The number of halogens is 2. The molecule has 0 aromatic rings. The molecule has 1 unspecified atom stereocenters. The maximum absolute atomic E-state index is 10.0. The lowest BCUT2D eigenvalue weighted by Gasteiger charge is -2.09. The molecule has 68 valence electrons. The number of hydrogen-bond donors (Lipinski definition) is 2. The summed E-state index contributed by atoms with van der Waals surface area (Å²) in [5.41, 5.74) is 5.11. The fourth-order valence-corrected chi connectivity index (χ4v) is 1.84. The summed E-state index contributed by atoms with van der Waals surface area (Å²) < 4.78 is 24.3. The zero-order chi connectivity index (χ0) is 8.85. The topological polar surface area (TPSA) is 102 Å². The van der Waals surface area contributed by atoms with Gasteiger partial charge in [0.15, 0.2) is 0 Å². The summed E-state index contributed by atoms with van der Waals surface area (Å²) in [6, 6.07) is 0. The van der Waals surface area contributed by atoms with Gasteiger partial charge in [0, 0.05) is 3.83 Å². The van der Waals surface area contributed by atoms with Gasteiger partial charge in [0.05, 0.1) is 0 Å². The van der Waals surface area contributed by atoms with Crippen LogP contribution in [0, 0.1) is 14.8 Å². The monoisotopic (exact) mass is 293 g/mol. The van der Waals surface area contributed by atoms with Gasteiger partial charge in [-0.25, -0.2) is 0 Å². The number of rotatable bonds is 5. The standard InChI is InChI=1S/C4H9Br2NO4/c5-4(11-6(9)10)3(8)1-2-7/h3-4,8H,1-2,7H2/t3-,4?/m0/s1. The van der Waals surface area contributed by atoms with E-state index < -0.39 is 25.9 Å². The van der Waals surface area contributed by atoms with Crippen LogP contribution < -0.4 is 14.1 Å². The Labute approximate surface area is 78.1 Å². The third-order valence-corrected chi connectivity index (χ3v) is 2.93. The summed E-state index contributed by atoms with van der Waals surface area (Å²) in [4.78, 5) is 0. The van der Waals surface area contributed by atoms with Gasteiger partial charge in [-0.2, -0.15) is 0 Å². The molecular weight excluding hydrogens is 286 g/mol. The molecule has 0 aliphatic heterocycles. The van der Waals surface area contributed by atoms with Gasteiger partial charge in [0.2, 0.25) is 5.01 Å². The summed E-state index contributed by atoms with van der Waals surface area (Å²) in [5.74, 6) is 0. The molecule has 11 heavy (non-hydrogen) atoms. The van der Waals surface area contributed by atoms with Crippen LogP contribution in [0.4, 0.5) is 0 Å². The van der Waals surface area contributed by atoms with Gasteiger partial charge in [-0.3, -0.25) is 0 Å². The first-order valence-electron chi connectivity index (χ1n) is 2.82. The van der Waals surface area contributed by atoms with Crippen molar-refractivity contribution in [2.24, 2.45) is 5.73 Å². The molecule has 0 heterocycles. The smallest absolute Gasteiger partial charge is 0.389 e. The van der Waals surface area contributed by atoms with E-state index >= 15 is 0 Å². The van der Waals surface area contributed by atoms with Gasteiger partial charge in [-0.05, 0) is 28.9 Å². The molecule has 7 heteroatoms. The van der Waals surface area contributed by atoms with Crippen LogP contribution in [0.1, 0.15) is 6.42 Å². The van der Waals surface area contributed by atoms with E-state index in [0.29, 0.717) is 6.42 Å². The average molecular weight is 295 g/mol. The minimum Gasteiger partial charge on any atom is -0.389 e. The largest absolute Gasteiger partial charge is 0.438 e. The van der Waals surface area contributed by atoms with Crippen LogP contribution in [0.5, 0.6) is 0 Å². The molecule has 2 atom stereocenters. The highest BCUT2D eigenvalue weighted by molar-refractivity contribution is 9.09. The summed E-state index contributed by atoms with van der Waals surface area (Å²) in [7, 11) is 0. The highest BCUT2D eigenvalue weighted by atomic mass is 80.0. The lowest BCUT2D eigenvalue weighted by molar-refractivity contribution is -1.63. The molecule has 0 aromatic heterocycles. The molecule has 0 saturated carbocycles. The van der Waals surface area contributed by atoms with Crippen molar-refractivity contribution < 1.29 is 32.1 Å². The van der Waals surface area contributed by atoms with Crippen LogP contribution in [-0.2, 0) is 3.83 Å². The molecular formula is C4H9Br2NO4. The van der Waals surface area contributed by atoms with Crippen molar-refractivity contribution in [3.05, 3.63) is 0 Å². The number of nitrogens with two attached hydrogens (primary N) is 1. The van der Waals surface area contributed by atoms with Crippen molar-refractivity contribution in [1.82, 2.24) is 0 Å². The minimum atomic E-state index is -3.26. The predicted molar refractivity (Wildman–Crippen MR) is 33.5 cm³/mol. The molecule has 0 fully saturated rings. The molecule has 0 amide bonds. The number of aliphatic hydroxyl groups excluding tert-OH is 1. The van der Waals surface area contributed by atoms with E-state index in [1.807, 2.05) is 0 Å². The summed E-state index contributed by atoms with van der Waals surface area (Å²) in [6.45, 7) is 0.284. The van der Waals surface area contributed by atoms with E-state index in [1.165, 1.54) is 0 Å². The van der Waals surface area contributed by atoms with Crippen LogP contribution in [0.2, 0.25) is 0 Å². The summed E-state index contributed by atoms with van der Waals surface area (Å²) in [5, 5.41) is 8.17. The Morgan fingerprint density at radius 3 is 2.55 bits per heavy atom. The highest BCUT2D eigenvalue weighted by Crippen LogP contribution is 2.10. The van der Waals surface area contributed by atoms with Crippen LogP contribution in [-0.4, -0.2) is 22.8 Å². The molecule has 0 aliphatic carbocycles. The molecule has 0 aliphatic rings. The van der Waals surface area contributed by atoms with Gasteiger partial charge in [-0.1, -0.05) is 0 Å². The Morgan fingerprint density at radius 1 is 1.64 bits per heavy atom. The second kappa shape index (κ2) is 6.30. The molecule has 0 aromatic carbocycles. The minimum absolute atomic E-state index is 0.284. The van der Waals surface area contributed by atoms with Gasteiger partial charge in [0.1, 0.15) is 6.10 Å². The number of aliphatic hydroxyl groups is 1. The zero-order valence-electron chi connectivity index (χ0n) is 5.57. The van der Waals surface area contributed by atoms with Crippen LogP contribution in [0.25, 0.3) is 0 Å².